The van der Waals surface area contributed by atoms with Crippen molar-refractivity contribution in [1.29, 1.82) is 0 Å². The number of imide groups is 1. The van der Waals surface area contributed by atoms with Crippen molar-refractivity contribution in [1.82, 2.24) is 0 Å². The van der Waals surface area contributed by atoms with E-state index in [0.29, 0.717) is 22.8 Å². The van der Waals surface area contributed by atoms with E-state index in [1.54, 1.807) is 23.1 Å². The lowest BCUT2D eigenvalue weighted by molar-refractivity contribution is -0.120. The van der Waals surface area contributed by atoms with Gasteiger partial charge in [-0.15, -0.1) is 0 Å². The number of aryl methyl sites for hydroxylation is 1. The third-order valence-electron chi connectivity index (χ3n) is 5.26. The van der Waals surface area contributed by atoms with Gasteiger partial charge in [-0.1, -0.05) is 48.0 Å². The minimum atomic E-state index is -0.471. The van der Waals surface area contributed by atoms with Crippen molar-refractivity contribution in [3.05, 3.63) is 100 Å². The Morgan fingerprint density at radius 1 is 0.935 bits per heavy atom. The maximum atomic E-state index is 13.6. The van der Waals surface area contributed by atoms with Crippen LogP contribution in [0.3, 0.4) is 0 Å². The van der Waals surface area contributed by atoms with E-state index >= 15 is 0 Å². The highest BCUT2D eigenvalue weighted by atomic mass is 35.5. The molecule has 156 valence electrons. The van der Waals surface area contributed by atoms with E-state index < -0.39 is 17.6 Å². The van der Waals surface area contributed by atoms with Crippen LogP contribution in [-0.2, 0) is 9.59 Å². The van der Waals surface area contributed by atoms with Crippen LogP contribution in [0.1, 0.15) is 18.1 Å². The van der Waals surface area contributed by atoms with Crippen molar-refractivity contribution in [2.24, 2.45) is 0 Å². The number of halogens is 2. The maximum absolute atomic E-state index is 13.6. The predicted octanol–water partition coefficient (Wildman–Crippen LogP) is 5.60. The van der Waals surface area contributed by atoms with Gasteiger partial charge in [-0.3, -0.25) is 9.59 Å². The molecule has 31 heavy (non-hydrogen) atoms. The number of amides is 2. The molecular weight excluding hydrogens is 415 g/mol. The van der Waals surface area contributed by atoms with Gasteiger partial charge in [0.25, 0.3) is 11.8 Å². The lowest BCUT2D eigenvalue weighted by Gasteiger charge is -2.25. The SMILES string of the molecule is CCN(C1=C(c2ccc(F)cc2)C(=O)N(c2ccc(C)c(Cl)c2)C1=O)c1ccccc1. The molecule has 0 spiro atoms. The first-order chi connectivity index (χ1) is 14.9. The number of anilines is 2. The van der Waals surface area contributed by atoms with Crippen LogP contribution >= 0.6 is 11.6 Å². The van der Waals surface area contributed by atoms with Crippen molar-refractivity contribution in [3.63, 3.8) is 0 Å². The molecule has 1 heterocycles. The molecule has 4 rings (SSSR count). The molecule has 1 aliphatic rings. The van der Waals surface area contributed by atoms with Crippen LogP contribution in [-0.4, -0.2) is 18.4 Å². The summed E-state index contributed by atoms with van der Waals surface area (Å²) < 4.78 is 13.6. The Hall–Kier alpha value is -3.44. The summed E-state index contributed by atoms with van der Waals surface area (Å²) in [6, 6.07) is 20.0. The average Bonchev–Trinajstić information content (AvgIpc) is 3.02. The van der Waals surface area contributed by atoms with Crippen LogP contribution in [0.25, 0.3) is 5.57 Å². The second-order valence-electron chi connectivity index (χ2n) is 7.19. The number of likely N-dealkylation sites (N-methyl/N-ethyl adjacent to an activating group) is 1. The number of hydrogen-bond donors (Lipinski definition) is 0. The summed E-state index contributed by atoms with van der Waals surface area (Å²) in [6.45, 7) is 4.22. The standard InChI is InChI=1S/C25H20ClFN2O2/c1-3-28(19-7-5-4-6-8-19)23-22(17-10-12-18(27)13-11-17)24(30)29(25(23)31)20-14-9-16(2)21(26)15-20/h4-15H,3H2,1-2H3. The van der Waals surface area contributed by atoms with Crippen molar-refractivity contribution < 1.29 is 14.0 Å². The first kappa shape index (κ1) is 20.8. The minimum Gasteiger partial charge on any atom is -0.337 e. The van der Waals surface area contributed by atoms with Crippen LogP contribution in [0.4, 0.5) is 15.8 Å². The molecule has 0 atom stereocenters. The Morgan fingerprint density at radius 3 is 2.23 bits per heavy atom. The number of rotatable bonds is 5. The molecule has 4 nitrogen and oxygen atoms in total. The molecule has 0 aliphatic carbocycles. The lowest BCUT2D eigenvalue weighted by atomic mass is 10.0. The molecule has 0 aromatic heterocycles. The van der Waals surface area contributed by atoms with Gasteiger partial charge in [-0.25, -0.2) is 9.29 Å². The Kier molecular flexibility index (Phi) is 5.61. The summed E-state index contributed by atoms with van der Waals surface area (Å²) in [5.41, 5.74) is 2.98. The highest BCUT2D eigenvalue weighted by Crippen LogP contribution is 2.37. The molecule has 0 radical (unpaired) electrons. The summed E-state index contributed by atoms with van der Waals surface area (Å²) in [7, 11) is 0. The summed E-state index contributed by atoms with van der Waals surface area (Å²) >= 11 is 6.27. The van der Waals surface area contributed by atoms with E-state index in [4.69, 9.17) is 11.6 Å². The first-order valence-corrected chi connectivity index (χ1v) is 10.3. The second-order valence-corrected chi connectivity index (χ2v) is 7.60. The summed E-state index contributed by atoms with van der Waals surface area (Å²) in [5, 5.41) is 0.463. The van der Waals surface area contributed by atoms with Gasteiger partial charge in [-0.05, 0) is 61.4 Å². The van der Waals surface area contributed by atoms with Gasteiger partial charge in [0.05, 0.1) is 11.3 Å². The van der Waals surface area contributed by atoms with Gasteiger partial charge in [0.1, 0.15) is 11.5 Å². The average molecular weight is 435 g/mol. The fourth-order valence-electron chi connectivity index (χ4n) is 3.68. The molecule has 3 aromatic carbocycles. The highest BCUT2D eigenvalue weighted by molar-refractivity contribution is 6.46. The molecule has 0 saturated heterocycles. The number of nitrogens with zero attached hydrogens (tertiary/aromatic N) is 2. The van der Waals surface area contributed by atoms with E-state index in [1.807, 2.05) is 44.2 Å². The fraction of sp³-hybridized carbons (Fsp3) is 0.120. The quantitative estimate of drug-likeness (QED) is 0.491. The van der Waals surface area contributed by atoms with Gasteiger partial charge in [0.2, 0.25) is 0 Å². The van der Waals surface area contributed by atoms with E-state index in [1.165, 1.54) is 24.3 Å². The number of benzene rings is 3. The molecular formula is C25H20ClFN2O2. The molecule has 3 aromatic rings. The molecule has 2 amide bonds. The maximum Gasteiger partial charge on any atom is 0.282 e. The number of carbonyl (C=O) groups is 2. The third-order valence-corrected chi connectivity index (χ3v) is 5.67. The second kappa shape index (κ2) is 8.36. The van der Waals surface area contributed by atoms with Crippen LogP contribution in [0.5, 0.6) is 0 Å². The van der Waals surface area contributed by atoms with Gasteiger partial charge in [0.15, 0.2) is 0 Å². The van der Waals surface area contributed by atoms with Gasteiger partial charge in [0, 0.05) is 17.3 Å². The molecule has 6 heteroatoms. The fourth-order valence-corrected chi connectivity index (χ4v) is 3.85. The summed E-state index contributed by atoms with van der Waals surface area (Å²) in [6.07, 6.45) is 0. The Balaban J connectivity index is 1.91. The first-order valence-electron chi connectivity index (χ1n) is 9.90. The summed E-state index contributed by atoms with van der Waals surface area (Å²) in [4.78, 5) is 30.1. The molecule has 0 fully saturated rings. The third kappa shape index (κ3) is 3.73. The Labute approximate surface area is 185 Å². The van der Waals surface area contributed by atoms with Crippen LogP contribution in [0, 0.1) is 12.7 Å². The lowest BCUT2D eigenvalue weighted by Crippen LogP contribution is -2.35. The van der Waals surface area contributed by atoms with Crippen LogP contribution in [0.2, 0.25) is 5.02 Å². The van der Waals surface area contributed by atoms with Crippen molar-refractivity contribution in [2.75, 3.05) is 16.3 Å². The van der Waals surface area contributed by atoms with E-state index in [-0.39, 0.29) is 11.3 Å². The largest absolute Gasteiger partial charge is 0.337 e. The van der Waals surface area contributed by atoms with Gasteiger partial charge >= 0.3 is 0 Å². The van der Waals surface area contributed by atoms with Crippen molar-refractivity contribution in [2.45, 2.75) is 13.8 Å². The van der Waals surface area contributed by atoms with Gasteiger partial charge < -0.3 is 4.90 Å². The smallest absolute Gasteiger partial charge is 0.282 e. The van der Waals surface area contributed by atoms with Crippen LogP contribution in [0.15, 0.2) is 78.5 Å². The number of carbonyl (C=O) groups excluding carboxylic acids is 2. The molecule has 0 N–H and O–H groups in total. The van der Waals surface area contributed by atoms with Crippen LogP contribution < -0.4 is 9.80 Å². The minimum absolute atomic E-state index is 0.229. The van der Waals surface area contributed by atoms with E-state index in [0.717, 1.165) is 16.2 Å². The van der Waals surface area contributed by atoms with E-state index in [2.05, 4.69) is 0 Å². The number of para-hydroxylation sites is 1. The van der Waals surface area contributed by atoms with Crippen molar-refractivity contribution >= 4 is 40.4 Å². The highest BCUT2D eigenvalue weighted by Gasteiger charge is 2.42. The zero-order valence-electron chi connectivity index (χ0n) is 17.1. The van der Waals surface area contributed by atoms with Crippen molar-refractivity contribution in [3.8, 4) is 0 Å². The topological polar surface area (TPSA) is 40.6 Å². The molecule has 1 aliphatic heterocycles. The zero-order chi connectivity index (χ0) is 22.1. The zero-order valence-corrected chi connectivity index (χ0v) is 17.9. The predicted molar refractivity (Wildman–Crippen MR) is 121 cm³/mol. The normalized spacial score (nSPS) is 13.9. The Bertz CT molecular complexity index is 1190. The number of hydrogen-bond acceptors (Lipinski definition) is 3. The monoisotopic (exact) mass is 434 g/mol. The molecule has 0 unspecified atom stereocenters. The van der Waals surface area contributed by atoms with Gasteiger partial charge in [-0.2, -0.15) is 0 Å². The van der Waals surface area contributed by atoms with E-state index in [9.17, 15) is 14.0 Å². The Morgan fingerprint density at radius 2 is 1.61 bits per heavy atom. The molecule has 0 bridgehead atoms. The summed E-state index contributed by atoms with van der Waals surface area (Å²) in [5.74, 6) is -1.34. The molecule has 0 saturated carbocycles.